The maximum Gasteiger partial charge on any atom is 0.241 e. The molecule has 2 rings (SSSR count). The van der Waals surface area contributed by atoms with Crippen molar-refractivity contribution < 1.29 is 4.79 Å². The number of para-hydroxylation sites is 1. The lowest BCUT2D eigenvalue weighted by Crippen LogP contribution is -2.48. The molecule has 1 heterocycles. The molecule has 0 bridgehead atoms. The number of carbonyl (C=O) groups is 1. The molecule has 1 aromatic rings. The molecule has 0 aliphatic carbocycles. The summed E-state index contributed by atoms with van der Waals surface area (Å²) in [5.41, 5.74) is 0.679. The van der Waals surface area contributed by atoms with Crippen LogP contribution in [-0.4, -0.2) is 18.5 Å². The van der Waals surface area contributed by atoms with Gasteiger partial charge in [-0.25, -0.2) is 0 Å². The van der Waals surface area contributed by atoms with Crippen molar-refractivity contribution in [2.75, 3.05) is 11.9 Å². The number of carbonyl (C=O) groups excluding carboxylic acids is 1. The molecule has 92 valence electrons. The van der Waals surface area contributed by atoms with Gasteiger partial charge >= 0.3 is 0 Å². The number of piperidine rings is 1. The molecule has 0 aromatic heterocycles. The minimum Gasteiger partial charge on any atom is -0.323 e. The highest BCUT2D eigenvalue weighted by molar-refractivity contribution is 6.33. The first kappa shape index (κ1) is 12.4. The van der Waals surface area contributed by atoms with E-state index in [1.54, 1.807) is 6.07 Å². The van der Waals surface area contributed by atoms with Gasteiger partial charge in [-0.15, -0.1) is 0 Å². The first-order valence-corrected chi connectivity index (χ1v) is 6.35. The highest BCUT2D eigenvalue weighted by Gasteiger charge is 2.27. The zero-order valence-corrected chi connectivity index (χ0v) is 10.6. The standard InChI is InChI=1S/C13H17ClN2O/c1-9-5-4-8-15-12(9)13(17)16-11-7-3-2-6-10(11)14/h2-3,6-7,9,12,15H,4-5,8H2,1H3,(H,16,17). The van der Waals surface area contributed by atoms with E-state index < -0.39 is 0 Å². The van der Waals surface area contributed by atoms with Crippen LogP contribution in [0, 0.1) is 5.92 Å². The maximum absolute atomic E-state index is 12.1. The molecule has 1 aliphatic heterocycles. The first-order chi connectivity index (χ1) is 8.18. The second kappa shape index (κ2) is 5.52. The molecule has 4 heteroatoms. The van der Waals surface area contributed by atoms with Gasteiger partial charge in [0.05, 0.1) is 16.8 Å². The third-order valence-corrected chi connectivity index (χ3v) is 3.51. The van der Waals surface area contributed by atoms with Crippen LogP contribution < -0.4 is 10.6 Å². The summed E-state index contributed by atoms with van der Waals surface area (Å²) in [7, 11) is 0. The summed E-state index contributed by atoms with van der Waals surface area (Å²) < 4.78 is 0. The Labute approximate surface area is 107 Å². The van der Waals surface area contributed by atoms with Gasteiger partial charge in [0.25, 0.3) is 0 Å². The van der Waals surface area contributed by atoms with E-state index in [2.05, 4.69) is 17.6 Å². The van der Waals surface area contributed by atoms with E-state index in [0.29, 0.717) is 16.6 Å². The van der Waals surface area contributed by atoms with Crippen molar-refractivity contribution in [3.05, 3.63) is 29.3 Å². The summed E-state index contributed by atoms with van der Waals surface area (Å²) in [6.45, 7) is 3.01. The van der Waals surface area contributed by atoms with Crippen molar-refractivity contribution in [3.63, 3.8) is 0 Å². The Kier molecular flexibility index (Phi) is 4.02. The first-order valence-electron chi connectivity index (χ1n) is 5.97. The highest BCUT2D eigenvalue weighted by Crippen LogP contribution is 2.22. The molecule has 2 N–H and O–H groups in total. The fourth-order valence-corrected chi connectivity index (χ4v) is 2.36. The fraction of sp³-hybridized carbons (Fsp3) is 0.462. The zero-order valence-electron chi connectivity index (χ0n) is 9.87. The quantitative estimate of drug-likeness (QED) is 0.850. The van der Waals surface area contributed by atoms with E-state index >= 15 is 0 Å². The Morgan fingerprint density at radius 3 is 2.94 bits per heavy atom. The normalized spacial score (nSPS) is 24.4. The molecule has 1 amide bonds. The van der Waals surface area contributed by atoms with Gasteiger partial charge in [-0.3, -0.25) is 4.79 Å². The molecule has 3 nitrogen and oxygen atoms in total. The lowest BCUT2D eigenvalue weighted by atomic mass is 9.92. The topological polar surface area (TPSA) is 41.1 Å². The van der Waals surface area contributed by atoms with Crippen LogP contribution in [-0.2, 0) is 4.79 Å². The summed E-state index contributed by atoms with van der Waals surface area (Å²) in [5, 5.41) is 6.70. The number of nitrogens with one attached hydrogen (secondary N) is 2. The third-order valence-electron chi connectivity index (χ3n) is 3.18. The third kappa shape index (κ3) is 2.99. The van der Waals surface area contributed by atoms with E-state index in [1.807, 2.05) is 18.2 Å². The Morgan fingerprint density at radius 2 is 2.24 bits per heavy atom. The molecule has 1 aliphatic rings. The molecule has 1 aromatic carbocycles. The molecule has 0 radical (unpaired) electrons. The summed E-state index contributed by atoms with van der Waals surface area (Å²) in [6.07, 6.45) is 2.23. The van der Waals surface area contributed by atoms with E-state index in [0.717, 1.165) is 19.4 Å². The van der Waals surface area contributed by atoms with Crippen molar-refractivity contribution in [1.29, 1.82) is 0 Å². The van der Waals surface area contributed by atoms with Gasteiger partial charge in [0.1, 0.15) is 0 Å². The largest absolute Gasteiger partial charge is 0.323 e. The van der Waals surface area contributed by atoms with Crippen LogP contribution in [0.3, 0.4) is 0 Å². The molecular formula is C13H17ClN2O. The Bertz CT molecular complexity index is 408. The predicted octanol–water partition coefficient (Wildman–Crippen LogP) is 2.67. The van der Waals surface area contributed by atoms with Crippen LogP contribution in [0.4, 0.5) is 5.69 Å². The number of hydrogen-bond acceptors (Lipinski definition) is 2. The van der Waals surface area contributed by atoms with E-state index in [1.165, 1.54) is 0 Å². The highest BCUT2D eigenvalue weighted by atomic mass is 35.5. The summed E-state index contributed by atoms with van der Waals surface area (Å²) in [4.78, 5) is 12.1. The van der Waals surface area contributed by atoms with Crippen LogP contribution in [0.2, 0.25) is 5.02 Å². The summed E-state index contributed by atoms with van der Waals surface area (Å²) in [6, 6.07) is 7.18. The van der Waals surface area contributed by atoms with E-state index in [4.69, 9.17) is 11.6 Å². The van der Waals surface area contributed by atoms with Crippen LogP contribution in [0.15, 0.2) is 24.3 Å². The molecular weight excluding hydrogens is 236 g/mol. The average Bonchev–Trinajstić information content (AvgIpc) is 2.32. The van der Waals surface area contributed by atoms with Crippen LogP contribution in [0.1, 0.15) is 19.8 Å². The van der Waals surface area contributed by atoms with Gasteiger partial charge in [0.2, 0.25) is 5.91 Å². The van der Waals surface area contributed by atoms with Crippen molar-refractivity contribution in [1.82, 2.24) is 5.32 Å². The predicted molar refractivity (Wildman–Crippen MR) is 70.3 cm³/mol. The van der Waals surface area contributed by atoms with Gasteiger partial charge in [-0.2, -0.15) is 0 Å². The van der Waals surface area contributed by atoms with Crippen molar-refractivity contribution in [3.8, 4) is 0 Å². The molecule has 2 atom stereocenters. The SMILES string of the molecule is CC1CCCNC1C(=O)Nc1ccccc1Cl. The van der Waals surface area contributed by atoms with Gasteiger partial charge in [0.15, 0.2) is 0 Å². The Balaban J connectivity index is 2.03. The number of rotatable bonds is 2. The smallest absolute Gasteiger partial charge is 0.241 e. The Morgan fingerprint density at radius 1 is 1.47 bits per heavy atom. The maximum atomic E-state index is 12.1. The second-order valence-corrected chi connectivity index (χ2v) is 4.93. The number of hydrogen-bond donors (Lipinski definition) is 2. The fourth-order valence-electron chi connectivity index (χ4n) is 2.17. The summed E-state index contributed by atoms with van der Waals surface area (Å²) >= 11 is 6.01. The van der Waals surface area contributed by atoms with Gasteiger partial charge in [-0.05, 0) is 37.4 Å². The lowest BCUT2D eigenvalue weighted by molar-refractivity contribution is -0.119. The number of benzene rings is 1. The van der Waals surface area contributed by atoms with Crippen molar-refractivity contribution in [2.24, 2.45) is 5.92 Å². The van der Waals surface area contributed by atoms with Gasteiger partial charge < -0.3 is 10.6 Å². The minimum absolute atomic E-state index is 0.00491. The molecule has 17 heavy (non-hydrogen) atoms. The molecule has 1 saturated heterocycles. The second-order valence-electron chi connectivity index (χ2n) is 4.52. The molecule has 1 fully saturated rings. The molecule has 2 unspecified atom stereocenters. The van der Waals surface area contributed by atoms with Crippen molar-refractivity contribution in [2.45, 2.75) is 25.8 Å². The minimum atomic E-state index is -0.111. The number of halogens is 1. The van der Waals surface area contributed by atoms with Gasteiger partial charge in [0, 0.05) is 0 Å². The van der Waals surface area contributed by atoms with Crippen LogP contribution in [0.25, 0.3) is 0 Å². The van der Waals surface area contributed by atoms with Crippen LogP contribution >= 0.6 is 11.6 Å². The van der Waals surface area contributed by atoms with Crippen molar-refractivity contribution >= 4 is 23.2 Å². The average molecular weight is 253 g/mol. The monoisotopic (exact) mass is 252 g/mol. The Hall–Kier alpha value is -1.06. The van der Waals surface area contributed by atoms with Crippen LogP contribution in [0.5, 0.6) is 0 Å². The summed E-state index contributed by atoms with van der Waals surface area (Å²) in [5.74, 6) is 0.372. The molecule has 0 spiro atoms. The van der Waals surface area contributed by atoms with E-state index in [9.17, 15) is 4.79 Å². The van der Waals surface area contributed by atoms with E-state index in [-0.39, 0.29) is 11.9 Å². The number of anilines is 1. The zero-order chi connectivity index (χ0) is 12.3. The molecule has 0 saturated carbocycles. The van der Waals surface area contributed by atoms with Gasteiger partial charge in [-0.1, -0.05) is 30.7 Å². The lowest BCUT2D eigenvalue weighted by Gasteiger charge is -2.29. The number of amides is 1.